The van der Waals surface area contributed by atoms with Crippen molar-refractivity contribution >= 4 is 28.6 Å². The molecule has 0 atom stereocenters. The van der Waals surface area contributed by atoms with E-state index in [1.54, 1.807) is 12.1 Å². The Balaban J connectivity index is 0.00000160. The van der Waals surface area contributed by atoms with Crippen molar-refractivity contribution in [1.82, 2.24) is 0 Å². The minimum Gasteiger partial charge on any atom is -0.872 e. The summed E-state index contributed by atoms with van der Waals surface area (Å²) in [6.07, 6.45) is 0. The SMILES string of the molecule is [Li+].[Li+].[O-]c1cc([O-])cc(C=P(c2ccccc2)(c2ccccc2)c2ccccc2)c1. The Hall–Kier alpha value is -2.03. The van der Waals surface area contributed by atoms with Crippen LogP contribution >= 0.6 is 6.89 Å². The summed E-state index contributed by atoms with van der Waals surface area (Å²) in [6.45, 7) is -2.22. The van der Waals surface area contributed by atoms with E-state index >= 15 is 0 Å². The smallest absolute Gasteiger partial charge is 0.872 e. The normalized spacial score (nSPS) is 10.4. The van der Waals surface area contributed by atoms with Gasteiger partial charge in [0.05, 0.1) is 0 Å². The van der Waals surface area contributed by atoms with Crippen LogP contribution in [0, 0.1) is 0 Å². The first-order valence-electron chi connectivity index (χ1n) is 9.09. The van der Waals surface area contributed by atoms with E-state index in [9.17, 15) is 10.2 Å². The maximum absolute atomic E-state index is 12.0. The van der Waals surface area contributed by atoms with Gasteiger partial charge in [-0.3, -0.25) is 0 Å². The number of hydrogen-bond acceptors (Lipinski definition) is 2. The van der Waals surface area contributed by atoms with Crippen LogP contribution in [0.15, 0.2) is 109 Å². The largest absolute Gasteiger partial charge is 1.00 e. The average Bonchev–Trinajstić information content (AvgIpc) is 2.73. The monoisotopic (exact) mass is 396 g/mol. The van der Waals surface area contributed by atoms with E-state index in [0.29, 0.717) is 5.56 Å². The third kappa shape index (κ3) is 4.99. The van der Waals surface area contributed by atoms with Gasteiger partial charge in [0.2, 0.25) is 0 Å². The van der Waals surface area contributed by atoms with E-state index in [1.807, 2.05) is 54.6 Å². The number of hydrogen-bond donors (Lipinski definition) is 0. The van der Waals surface area contributed by atoms with Gasteiger partial charge in [0.25, 0.3) is 0 Å². The van der Waals surface area contributed by atoms with Gasteiger partial charge in [0.15, 0.2) is 0 Å². The van der Waals surface area contributed by atoms with Gasteiger partial charge in [-0.1, -0.05) is 109 Å². The molecule has 0 saturated heterocycles. The predicted molar refractivity (Wildman–Crippen MR) is 116 cm³/mol. The summed E-state index contributed by atoms with van der Waals surface area (Å²) in [5.41, 5.74) is 0.669. The van der Waals surface area contributed by atoms with Gasteiger partial charge in [-0.15, -0.1) is 11.5 Å². The van der Waals surface area contributed by atoms with Crippen molar-refractivity contribution in [2.45, 2.75) is 0 Å². The molecule has 4 aromatic carbocycles. The van der Waals surface area contributed by atoms with Crippen molar-refractivity contribution in [2.24, 2.45) is 0 Å². The van der Waals surface area contributed by atoms with Gasteiger partial charge in [-0.25, -0.2) is 0 Å². The maximum Gasteiger partial charge on any atom is 1.00 e. The van der Waals surface area contributed by atoms with Crippen molar-refractivity contribution in [3.63, 3.8) is 0 Å². The van der Waals surface area contributed by atoms with Crippen LogP contribution in [0.5, 0.6) is 11.5 Å². The molecular formula is C25H19Li2O2P. The molecule has 4 aromatic rings. The predicted octanol–water partition coefficient (Wildman–Crippen LogP) is -3.01. The Labute approximate surface area is 201 Å². The Kier molecular flexibility index (Phi) is 8.76. The van der Waals surface area contributed by atoms with Gasteiger partial charge in [-0.2, -0.15) is 0 Å². The number of rotatable bonds is 4. The first-order chi connectivity index (χ1) is 13.7. The summed E-state index contributed by atoms with van der Waals surface area (Å²) in [7, 11) is 0. The molecule has 5 heteroatoms. The molecule has 0 amide bonds. The summed E-state index contributed by atoms with van der Waals surface area (Å²) in [5, 5.41) is 27.5. The van der Waals surface area contributed by atoms with Crippen LogP contribution < -0.4 is 63.8 Å². The van der Waals surface area contributed by atoms with Crippen LogP contribution in [-0.4, -0.2) is 5.80 Å². The maximum atomic E-state index is 12.0. The van der Waals surface area contributed by atoms with Gasteiger partial charge in [-0.05, 0) is 34.2 Å². The average molecular weight is 396 g/mol. The van der Waals surface area contributed by atoms with E-state index < -0.39 is 6.89 Å². The zero-order chi connectivity index (χ0) is 19.4. The minimum atomic E-state index is -2.22. The molecule has 0 unspecified atom stereocenters. The Morgan fingerprint density at radius 1 is 0.500 bits per heavy atom. The molecule has 0 heterocycles. The topological polar surface area (TPSA) is 46.1 Å². The molecule has 4 rings (SSSR count). The molecule has 0 aromatic heterocycles. The molecular weight excluding hydrogens is 377 g/mol. The zero-order valence-corrected chi connectivity index (χ0v) is 18.1. The standard InChI is InChI=1S/C25H21O2P.2Li/c26-21-16-20(17-22(27)18-21)19-28(23-10-4-1-5-11-23,24-12-6-2-7-13-24)25-14-8-3-9-15-25;;/h1-19,26-27H;;/q;2*+1/p-2. The minimum absolute atomic E-state index is 0. The molecule has 0 aliphatic heterocycles. The molecule has 0 saturated carbocycles. The van der Waals surface area contributed by atoms with Crippen molar-refractivity contribution in [3.05, 3.63) is 115 Å². The van der Waals surface area contributed by atoms with Gasteiger partial charge in [0, 0.05) is 0 Å². The van der Waals surface area contributed by atoms with E-state index in [4.69, 9.17) is 0 Å². The van der Waals surface area contributed by atoms with Crippen LogP contribution in [0.3, 0.4) is 0 Å². The second-order valence-electron chi connectivity index (χ2n) is 6.60. The first-order valence-corrected chi connectivity index (χ1v) is 10.9. The molecule has 2 nitrogen and oxygen atoms in total. The first kappa shape index (κ1) is 24.2. The molecule has 0 spiro atoms. The Morgan fingerprint density at radius 3 is 1.17 bits per heavy atom. The summed E-state index contributed by atoms with van der Waals surface area (Å²) in [4.78, 5) is 0. The Morgan fingerprint density at radius 2 is 0.833 bits per heavy atom. The molecule has 0 aliphatic carbocycles. The molecule has 0 bridgehead atoms. The summed E-state index contributed by atoms with van der Waals surface area (Å²) >= 11 is 0. The fourth-order valence-electron chi connectivity index (χ4n) is 3.55. The molecule has 30 heavy (non-hydrogen) atoms. The molecule has 0 aliphatic rings. The second-order valence-corrected chi connectivity index (χ2v) is 9.85. The van der Waals surface area contributed by atoms with Crippen LogP contribution in [0.25, 0.3) is 0 Å². The fourth-order valence-corrected chi connectivity index (χ4v) is 7.42. The van der Waals surface area contributed by atoms with Crippen molar-refractivity contribution < 1.29 is 47.9 Å². The van der Waals surface area contributed by atoms with Crippen molar-refractivity contribution in [3.8, 4) is 11.5 Å². The van der Waals surface area contributed by atoms with Crippen LogP contribution in [-0.2, 0) is 0 Å². The number of benzene rings is 4. The van der Waals surface area contributed by atoms with E-state index in [0.717, 1.165) is 6.07 Å². The van der Waals surface area contributed by atoms with E-state index in [1.165, 1.54) is 15.9 Å². The quantitative estimate of drug-likeness (QED) is 0.273. The van der Waals surface area contributed by atoms with Gasteiger partial charge >= 0.3 is 37.7 Å². The van der Waals surface area contributed by atoms with Crippen molar-refractivity contribution in [2.75, 3.05) is 0 Å². The molecule has 138 valence electrons. The van der Waals surface area contributed by atoms with E-state index in [2.05, 4.69) is 42.2 Å². The summed E-state index contributed by atoms with van der Waals surface area (Å²) in [5.74, 6) is 1.62. The summed E-state index contributed by atoms with van der Waals surface area (Å²) in [6, 6.07) is 35.2. The van der Waals surface area contributed by atoms with Gasteiger partial charge < -0.3 is 10.2 Å². The summed E-state index contributed by atoms with van der Waals surface area (Å²) < 4.78 is 0. The van der Waals surface area contributed by atoms with E-state index in [-0.39, 0.29) is 49.2 Å². The van der Waals surface area contributed by atoms with Crippen LogP contribution in [0.4, 0.5) is 0 Å². The third-order valence-corrected chi connectivity index (χ3v) is 8.76. The van der Waals surface area contributed by atoms with Crippen molar-refractivity contribution in [1.29, 1.82) is 0 Å². The zero-order valence-electron chi connectivity index (χ0n) is 17.2. The van der Waals surface area contributed by atoms with Gasteiger partial charge in [0.1, 0.15) is 0 Å². The second kappa shape index (κ2) is 10.8. The fraction of sp³-hybridized carbons (Fsp3) is 0. The van der Waals surface area contributed by atoms with Crippen LogP contribution in [0.2, 0.25) is 0 Å². The molecule has 0 fully saturated rings. The molecule has 0 N–H and O–H groups in total. The molecule has 0 radical (unpaired) electrons. The van der Waals surface area contributed by atoms with Crippen LogP contribution in [0.1, 0.15) is 5.56 Å². The Bertz CT molecular complexity index is 1010. The third-order valence-electron chi connectivity index (χ3n) is 4.74.